The third-order valence-electron chi connectivity index (χ3n) is 4.27. The lowest BCUT2D eigenvalue weighted by Crippen LogP contribution is -2.25. The topological polar surface area (TPSA) is 46.8 Å². The van der Waals surface area contributed by atoms with Crippen LogP contribution in [0.2, 0.25) is 0 Å². The van der Waals surface area contributed by atoms with Crippen molar-refractivity contribution in [1.29, 1.82) is 0 Å². The molecule has 0 saturated heterocycles. The number of benzene rings is 1. The van der Waals surface area contributed by atoms with Crippen molar-refractivity contribution in [1.82, 2.24) is 24.6 Å². The maximum Gasteiger partial charge on any atom is 0.211 e. The van der Waals surface area contributed by atoms with Crippen molar-refractivity contribution in [3.63, 3.8) is 0 Å². The lowest BCUT2D eigenvalue weighted by atomic mass is 10.2. The number of fused-ring (bicyclic) bond motifs is 3. The van der Waals surface area contributed by atoms with E-state index in [1.54, 1.807) is 11.8 Å². The second kappa shape index (κ2) is 6.84. The molecule has 0 aliphatic rings. The fraction of sp³-hybridized carbons (Fsp3) is 0.471. The Morgan fingerprint density at radius 2 is 1.96 bits per heavy atom. The Hall–Kier alpha value is -1.66. The standard InChI is InChI=1S/C17H23N5S/c1-5-22(6-2)9-10-23-17-18-16-15(19-20-17)13-11-12(3)7-8-14(13)21(16)4/h7-8,11H,5-6,9-10H2,1-4H3. The number of thioether (sulfide) groups is 1. The summed E-state index contributed by atoms with van der Waals surface area (Å²) in [7, 11) is 2.04. The van der Waals surface area contributed by atoms with Gasteiger partial charge >= 0.3 is 0 Å². The van der Waals surface area contributed by atoms with Crippen molar-refractivity contribution in [2.45, 2.75) is 25.9 Å². The quantitative estimate of drug-likeness (QED) is 0.650. The van der Waals surface area contributed by atoms with Crippen LogP contribution in [-0.4, -0.2) is 50.0 Å². The van der Waals surface area contributed by atoms with Crippen LogP contribution >= 0.6 is 11.8 Å². The molecule has 0 atom stereocenters. The molecule has 0 unspecified atom stereocenters. The number of hydrogen-bond acceptors (Lipinski definition) is 5. The fourth-order valence-corrected chi connectivity index (χ4v) is 3.61. The molecule has 0 amide bonds. The van der Waals surface area contributed by atoms with Crippen LogP contribution in [0.25, 0.3) is 22.1 Å². The zero-order chi connectivity index (χ0) is 16.4. The van der Waals surface area contributed by atoms with Gasteiger partial charge in [0.15, 0.2) is 5.65 Å². The monoisotopic (exact) mass is 329 g/mol. The number of nitrogens with zero attached hydrogens (tertiary/aromatic N) is 5. The summed E-state index contributed by atoms with van der Waals surface area (Å²) in [6, 6.07) is 6.40. The van der Waals surface area contributed by atoms with E-state index in [1.165, 1.54) is 5.56 Å². The first-order valence-electron chi connectivity index (χ1n) is 8.08. The molecule has 3 aromatic rings. The summed E-state index contributed by atoms with van der Waals surface area (Å²) in [5.41, 5.74) is 4.17. The minimum absolute atomic E-state index is 0.757. The lowest BCUT2D eigenvalue weighted by Gasteiger charge is -2.16. The molecule has 5 nitrogen and oxygen atoms in total. The zero-order valence-corrected chi connectivity index (χ0v) is 15.0. The molecule has 0 fully saturated rings. The van der Waals surface area contributed by atoms with Gasteiger partial charge in [-0.1, -0.05) is 37.2 Å². The molecule has 0 saturated carbocycles. The van der Waals surface area contributed by atoms with E-state index in [0.717, 1.165) is 52.6 Å². The molecule has 0 aliphatic heterocycles. The third-order valence-corrected chi connectivity index (χ3v) is 5.09. The molecule has 6 heteroatoms. The molecule has 2 aromatic heterocycles. The van der Waals surface area contributed by atoms with Gasteiger partial charge in [0, 0.05) is 24.7 Å². The first-order chi connectivity index (χ1) is 11.1. The highest BCUT2D eigenvalue weighted by Gasteiger charge is 2.13. The Bertz CT molecular complexity index is 823. The van der Waals surface area contributed by atoms with E-state index in [1.807, 2.05) is 7.05 Å². The van der Waals surface area contributed by atoms with Crippen LogP contribution in [0.1, 0.15) is 19.4 Å². The Morgan fingerprint density at radius 3 is 2.70 bits per heavy atom. The molecule has 0 aliphatic carbocycles. The largest absolute Gasteiger partial charge is 0.327 e. The van der Waals surface area contributed by atoms with Gasteiger partial charge in [-0.3, -0.25) is 0 Å². The molecule has 0 bridgehead atoms. The summed E-state index contributed by atoms with van der Waals surface area (Å²) in [4.78, 5) is 7.13. The second-order valence-corrected chi connectivity index (χ2v) is 6.78. The molecular weight excluding hydrogens is 306 g/mol. The Balaban J connectivity index is 1.87. The van der Waals surface area contributed by atoms with E-state index >= 15 is 0 Å². The predicted molar refractivity (Wildman–Crippen MR) is 97.1 cm³/mol. The Morgan fingerprint density at radius 1 is 1.17 bits per heavy atom. The van der Waals surface area contributed by atoms with E-state index in [-0.39, 0.29) is 0 Å². The molecule has 0 radical (unpaired) electrons. The van der Waals surface area contributed by atoms with Gasteiger partial charge < -0.3 is 9.47 Å². The van der Waals surface area contributed by atoms with Crippen molar-refractivity contribution in [2.75, 3.05) is 25.4 Å². The van der Waals surface area contributed by atoms with Gasteiger partial charge in [-0.25, -0.2) is 4.98 Å². The van der Waals surface area contributed by atoms with Crippen LogP contribution < -0.4 is 0 Å². The summed E-state index contributed by atoms with van der Waals surface area (Å²) < 4.78 is 2.10. The van der Waals surface area contributed by atoms with Crippen LogP contribution in [0, 0.1) is 6.92 Å². The van der Waals surface area contributed by atoms with Crippen LogP contribution in [-0.2, 0) is 7.05 Å². The second-order valence-electron chi connectivity index (χ2n) is 5.72. The molecular formula is C17H23N5S. The zero-order valence-electron chi connectivity index (χ0n) is 14.2. The van der Waals surface area contributed by atoms with Gasteiger partial charge in [-0.05, 0) is 32.1 Å². The first kappa shape index (κ1) is 16.2. The number of rotatable bonds is 6. The van der Waals surface area contributed by atoms with Crippen molar-refractivity contribution < 1.29 is 0 Å². The molecule has 0 N–H and O–H groups in total. The van der Waals surface area contributed by atoms with Gasteiger partial charge in [0.2, 0.25) is 5.16 Å². The summed E-state index contributed by atoms with van der Waals surface area (Å²) >= 11 is 1.68. The maximum atomic E-state index is 4.72. The Kier molecular flexibility index (Phi) is 4.82. The van der Waals surface area contributed by atoms with Gasteiger partial charge in [-0.15, -0.1) is 10.2 Å². The fourth-order valence-electron chi connectivity index (χ4n) is 2.82. The summed E-state index contributed by atoms with van der Waals surface area (Å²) in [5, 5.41) is 10.6. The Labute approximate surface area is 141 Å². The smallest absolute Gasteiger partial charge is 0.211 e. The minimum atomic E-state index is 0.757. The van der Waals surface area contributed by atoms with Crippen molar-refractivity contribution in [3.8, 4) is 0 Å². The summed E-state index contributed by atoms with van der Waals surface area (Å²) in [5.74, 6) is 0.984. The van der Waals surface area contributed by atoms with Crippen LogP contribution in [0.4, 0.5) is 0 Å². The first-order valence-corrected chi connectivity index (χ1v) is 9.07. The van der Waals surface area contributed by atoms with Crippen molar-refractivity contribution in [3.05, 3.63) is 23.8 Å². The average molecular weight is 329 g/mol. The maximum absolute atomic E-state index is 4.72. The summed E-state index contributed by atoms with van der Waals surface area (Å²) in [6.45, 7) is 9.69. The average Bonchev–Trinajstić information content (AvgIpc) is 2.84. The normalized spacial score (nSPS) is 11.9. The molecule has 3 rings (SSSR count). The molecule has 0 spiro atoms. The van der Waals surface area contributed by atoms with E-state index in [2.05, 4.69) is 58.6 Å². The molecule has 2 heterocycles. The molecule has 1 aromatic carbocycles. The highest BCUT2D eigenvalue weighted by Crippen LogP contribution is 2.26. The van der Waals surface area contributed by atoms with E-state index < -0.39 is 0 Å². The van der Waals surface area contributed by atoms with Crippen LogP contribution in [0.5, 0.6) is 0 Å². The van der Waals surface area contributed by atoms with Gasteiger partial charge in [-0.2, -0.15) is 0 Å². The van der Waals surface area contributed by atoms with Crippen molar-refractivity contribution in [2.24, 2.45) is 7.05 Å². The van der Waals surface area contributed by atoms with Crippen LogP contribution in [0.15, 0.2) is 23.4 Å². The minimum Gasteiger partial charge on any atom is -0.327 e. The highest BCUT2D eigenvalue weighted by molar-refractivity contribution is 7.99. The molecule has 23 heavy (non-hydrogen) atoms. The van der Waals surface area contributed by atoms with Gasteiger partial charge in [0.25, 0.3) is 0 Å². The summed E-state index contributed by atoms with van der Waals surface area (Å²) in [6.07, 6.45) is 0. The number of hydrogen-bond donors (Lipinski definition) is 0. The number of aryl methyl sites for hydroxylation is 2. The van der Waals surface area contributed by atoms with Crippen molar-refractivity contribution >= 4 is 33.8 Å². The van der Waals surface area contributed by atoms with E-state index in [4.69, 9.17) is 4.98 Å². The van der Waals surface area contributed by atoms with Gasteiger partial charge in [0.1, 0.15) is 5.52 Å². The van der Waals surface area contributed by atoms with E-state index in [9.17, 15) is 0 Å². The predicted octanol–water partition coefficient (Wildman–Crippen LogP) is 3.26. The van der Waals surface area contributed by atoms with E-state index in [0.29, 0.717) is 0 Å². The SMILES string of the molecule is CCN(CC)CCSc1nnc2c3cc(C)ccc3n(C)c2n1. The van der Waals surface area contributed by atoms with Crippen LogP contribution in [0.3, 0.4) is 0 Å². The highest BCUT2D eigenvalue weighted by atomic mass is 32.2. The third kappa shape index (κ3) is 3.19. The molecule has 122 valence electrons. The number of aromatic nitrogens is 4. The van der Waals surface area contributed by atoms with Gasteiger partial charge in [0.05, 0.1) is 5.52 Å². The lowest BCUT2D eigenvalue weighted by molar-refractivity contribution is 0.324.